The van der Waals surface area contributed by atoms with E-state index >= 15 is 0 Å². The molecule has 1 N–H and O–H groups in total. The molecule has 3 nitrogen and oxygen atoms in total. The van der Waals surface area contributed by atoms with Crippen LogP contribution in [0.15, 0.2) is 54.6 Å². The Morgan fingerprint density at radius 2 is 1.88 bits per heavy atom. The highest BCUT2D eigenvalue weighted by molar-refractivity contribution is 5.91. The number of aryl methyl sites for hydroxylation is 1. The van der Waals surface area contributed by atoms with Gasteiger partial charge in [0.2, 0.25) is 5.91 Å². The van der Waals surface area contributed by atoms with Crippen molar-refractivity contribution >= 4 is 17.7 Å². The van der Waals surface area contributed by atoms with Crippen molar-refractivity contribution in [3.8, 4) is 0 Å². The first-order chi connectivity index (χ1) is 11.4. The van der Waals surface area contributed by atoms with Crippen LogP contribution in [0.3, 0.4) is 0 Å². The van der Waals surface area contributed by atoms with E-state index in [2.05, 4.69) is 73.5 Å². The Morgan fingerprint density at radius 3 is 2.62 bits per heavy atom. The molecule has 0 radical (unpaired) electrons. The van der Waals surface area contributed by atoms with Crippen molar-refractivity contribution in [3.05, 3.63) is 71.3 Å². The number of rotatable bonds is 2. The lowest BCUT2D eigenvalue weighted by Crippen LogP contribution is -2.58. The molecule has 0 aliphatic carbocycles. The number of nitrogens with one attached hydrogen (secondary N) is 1. The number of benzene rings is 2. The maximum atomic E-state index is 12.3. The van der Waals surface area contributed by atoms with E-state index in [-0.39, 0.29) is 11.3 Å². The summed E-state index contributed by atoms with van der Waals surface area (Å²) >= 11 is 0. The highest BCUT2D eigenvalue weighted by Crippen LogP contribution is 2.53. The second-order valence-electron chi connectivity index (χ2n) is 7.29. The summed E-state index contributed by atoms with van der Waals surface area (Å²) in [7, 11) is 0. The zero-order valence-corrected chi connectivity index (χ0v) is 14.3. The Morgan fingerprint density at radius 1 is 1.12 bits per heavy atom. The maximum absolute atomic E-state index is 12.3. The summed E-state index contributed by atoms with van der Waals surface area (Å²) in [4.78, 5) is 14.5. The molecule has 2 aliphatic rings. The molecule has 2 aliphatic heterocycles. The first-order valence-electron chi connectivity index (χ1n) is 8.38. The molecular weight excluding hydrogens is 296 g/mol. The van der Waals surface area contributed by atoms with Crippen molar-refractivity contribution in [2.45, 2.75) is 31.8 Å². The van der Waals surface area contributed by atoms with Crippen LogP contribution in [0, 0.1) is 6.92 Å². The zero-order valence-electron chi connectivity index (χ0n) is 14.3. The topological polar surface area (TPSA) is 32.3 Å². The van der Waals surface area contributed by atoms with Crippen LogP contribution in [-0.2, 0) is 10.2 Å². The number of hydrogen-bond donors (Lipinski definition) is 1. The van der Waals surface area contributed by atoms with Gasteiger partial charge < -0.3 is 10.2 Å². The second kappa shape index (κ2) is 4.97. The second-order valence-corrected chi connectivity index (χ2v) is 7.29. The number of anilines is 1. The van der Waals surface area contributed by atoms with Crippen molar-refractivity contribution in [3.63, 3.8) is 0 Å². The van der Waals surface area contributed by atoms with E-state index in [0.29, 0.717) is 6.54 Å². The minimum absolute atomic E-state index is 0.0759. The molecule has 0 saturated carbocycles. The maximum Gasteiger partial charge on any atom is 0.241 e. The monoisotopic (exact) mass is 318 g/mol. The molecule has 24 heavy (non-hydrogen) atoms. The third kappa shape index (κ3) is 1.94. The Hall–Kier alpha value is -2.55. The minimum Gasteiger partial charge on any atom is -0.335 e. The summed E-state index contributed by atoms with van der Waals surface area (Å²) in [5.41, 5.74) is 4.09. The van der Waals surface area contributed by atoms with Crippen LogP contribution in [0.4, 0.5) is 5.69 Å². The average molecular weight is 318 g/mol. The van der Waals surface area contributed by atoms with Gasteiger partial charge in [-0.3, -0.25) is 4.79 Å². The fraction of sp³-hybridized carbons (Fsp3) is 0.286. The Kier molecular flexibility index (Phi) is 3.11. The molecule has 2 heterocycles. The number of carbonyl (C=O) groups is 1. The van der Waals surface area contributed by atoms with Crippen LogP contribution < -0.4 is 10.2 Å². The molecular formula is C21H22N2O. The van der Waals surface area contributed by atoms with Crippen molar-refractivity contribution in [1.82, 2.24) is 5.32 Å². The van der Waals surface area contributed by atoms with Crippen molar-refractivity contribution in [2.24, 2.45) is 0 Å². The van der Waals surface area contributed by atoms with E-state index in [0.717, 1.165) is 11.3 Å². The Labute approximate surface area is 143 Å². The summed E-state index contributed by atoms with van der Waals surface area (Å²) in [5.74, 6) is 0.0759. The molecule has 122 valence electrons. The molecule has 0 spiro atoms. The highest BCUT2D eigenvalue weighted by atomic mass is 16.2. The summed E-state index contributed by atoms with van der Waals surface area (Å²) in [5, 5.41) is 3.26. The standard InChI is InChI=1S/C21H22N2O/c1-15-9-10-18-17(13-15)20(2,3)21(22-19(24)14-23(18)21)12-11-16-7-5-4-6-8-16/h4-13H,14H2,1-3H3,(H,22,24). The molecule has 0 bridgehead atoms. The van der Waals surface area contributed by atoms with E-state index in [1.807, 2.05) is 18.2 Å². The van der Waals surface area contributed by atoms with Gasteiger partial charge in [-0.1, -0.05) is 68.0 Å². The SMILES string of the molecule is Cc1ccc2c(c1)C(C)(C)C1(C=Cc3ccccc3)NC(=O)CN21. The van der Waals surface area contributed by atoms with E-state index in [9.17, 15) is 4.79 Å². The van der Waals surface area contributed by atoms with Gasteiger partial charge in [-0.15, -0.1) is 0 Å². The van der Waals surface area contributed by atoms with Gasteiger partial charge in [-0.05, 0) is 30.2 Å². The molecule has 1 atom stereocenters. The number of carbonyl (C=O) groups excluding carboxylic acids is 1. The molecule has 1 fully saturated rings. The third-order valence-corrected chi connectivity index (χ3v) is 5.44. The summed E-state index contributed by atoms with van der Waals surface area (Å²) < 4.78 is 0. The number of nitrogens with zero attached hydrogens (tertiary/aromatic N) is 1. The first kappa shape index (κ1) is 15.0. The molecule has 2 aromatic rings. The van der Waals surface area contributed by atoms with Crippen molar-refractivity contribution in [1.29, 1.82) is 0 Å². The first-order valence-corrected chi connectivity index (χ1v) is 8.38. The van der Waals surface area contributed by atoms with Crippen LogP contribution in [0.25, 0.3) is 6.08 Å². The third-order valence-electron chi connectivity index (χ3n) is 5.44. The van der Waals surface area contributed by atoms with E-state index in [4.69, 9.17) is 0 Å². The van der Waals surface area contributed by atoms with Crippen LogP contribution >= 0.6 is 0 Å². The molecule has 1 saturated heterocycles. The fourth-order valence-corrected chi connectivity index (χ4v) is 4.07. The van der Waals surface area contributed by atoms with Gasteiger partial charge in [0.1, 0.15) is 5.66 Å². The smallest absolute Gasteiger partial charge is 0.241 e. The van der Waals surface area contributed by atoms with Gasteiger partial charge >= 0.3 is 0 Å². The van der Waals surface area contributed by atoms with Crippen molar-refractivity contribution < 1.29 is 4.79 Å². The summed E-state index contributed by atoms with van der Waals surface area (Å²) in [6.45, 7) is 6.95. The lowest BCUT2D eigenvalue weighted by atomic mass is 9.75. The van der Waals surface area contributed by atoms with E-state index in [1.165, 1.54) is 11.1 Å². The minimum atomic E-state index is -0.518. The fourth-order valence-electron chi connectivity index (χ4n) is 4.07. The molecule has 2 aromatic carbocycles. The summed E-state index contributed by atoms with van der Waals surface area (Å²) in [6, 6.07) is 16.7. The van der Waals surface area contributed by atoms with Gasteiger partial charge in [0.15, 0.2) is 0 Å². The lowest BCUT2D eigenvalue weighted by molar-refractivity contribution is -0.118. The predicted octanol–water partition coefficient (Wildman–Crippen LogP) is 3.63. The normalized spacial score (nSPS) is 24.1. The molecule has 4 rings (SSSR count). The lowest BCUT2D eigenvalue weighted by Gasteiger charge is -2.40. The Bertz CT molecular complexity index is 838. The highest BCUT2D eigenvalue weighted by Gasteiger charge is 2.59. The van der Waals surface area contributed by atoms with Gasteiger partial charge in [-0.25, -0.2) is 0 Å². The van der Waals surface area contributed by atoms with Crippen LogP contribution in [-0.4, -0.2) is 18.1 Å². The van der Waals surface area contributed by atoms with Gasteiger partial charge in [-0.2, -0.15) is 0 Å². The van der Waals surface area contributed by atoms with Gasteiger partial charge in [0.05, 0.1) is 6.54 Å². The van der Waals surface area contributed by atoms with Crippen LogP contribution in [0.1, 0.15) is 30.5 Å². The summed E-state index contributed by atoms with van der Waals surface area (Å²) in [6.07, 6.45) is 4.27. The molecule has 3 heteroatoms. The van der Waals surface area contributed by atoms with Crippen molar-refractivity contribution in [2.75, 3.05) is 11.4 Å². The molecule has 0 aromatic heterocycles. The molecule has 1 unspecified atom stereocenters. The van der Waals surface area contributed by atoms with Gasteiger partial charge in [0, 0.05) is 11.1 Å². The quantitative estimate of drug-likeness (QED) is 0.917. The molecule has 1 amide bonds. The predicted molar refractivity (Wildman–Crippen MR) is 97.9 cm³/mol. The number of amides is 1. The number of hydrogen-bond acceptors (Lipinski definition) is 2. The number of fused-ring (bicyclic) bond motifs is 3. The van der Waals surface area contributed by atoms with Crippen LogP contribution in [0.5, 0.6) is 0 Å². The van der Waals surface area contributed by atoms with Gasteiger partial charge in [0.25, 0.3) is 0 Å². The largest absolute Gasteiger partial charge is 0.335 e. The van der Waals surface area contributed by atoms with Crippen LogP contribution in [0.2, 0.25) is 0 Å². The average Bonchev–Trinajstić information content (AvgIpc) is 2.98. The zero-order chi connectivity index (χ0) is 16.9. The van der Waals surface area contributed by atoms with E-state index < -0.39 is 5.66 Å². The van der Waals surface area contributed by atoms with E-state index in [1.54, 1.807) is 0 Å². The Balaban J connectivity index is 1.86.